The molecule has 0 unspecified atom stereocenters. The normalized spacial score (nSPS) is 28.2. The maximum Gasteiger partial charge on any atom is 0.238 e. The highest BCUT2D eigenvalue weighted by Crippen LogP contribution is 2.57. The van der Waals surface area contributed by atoms with Gasteiger partial charge in [0, 0.05) is 11.8 Å². The molecule has 4 atom stereocenters. The molecule has 3 aliphatic rings. The van der Waals surface area contributed by atoms with Crippen molar-refractivity contribution in [1.82, 2.24) is 0 Å². The number of anilines is 1. The molecule has 2 bridgehead atoms. The lowest BCUT2D eigenvalue weighted by atomic mass is 9.85. The van der Waals surface area contributed by atoms with Gasteiger partial charge in [0.05, 0.1) is 17.5 Å². The van der Waals surface area contributed by atoms with Crippen LogP contribution in [-0.2, 0) is 9.59 Å². The van der Waals surface area contributed by atoms with E-state index in [1.807, 2.05) is 42.5 Å². The van der Waals surface area contributed by atoms with E-state index in [1.54, 1.807) is 0 Å². The number of allylic oxidation sites excluding steroid dienone is 4. The molecule has 27 heavy (non-hydrogen) atoms. The predicted octanol–water partition coefficient (Wildman–Crippen LogP) is 4.61. The van der Waals surface area contributed by atoms with E-state index in [-0.39, 0.29) is 35.5 Å². The summed E-state index contributed by atoms with van der Waals surface area (Å²) in [6.45, 7) is 4.16. The van der Waals surface area contributed by atoms with Crippen LogP contribution in [0.4, 0.5) is 5.69 Å². The highest BCUT2D eigenvalue weighted by Gasteiger charge is 2.61. The van der Waals surface area contributed by atoms with Crippen molar-refractivity contribution >= 4 is 17.5 Å². The van der Waals surface area contributed by atoms with Gasteiger partial charge in [0.2, 0.25) is 11.8 Å². The molecule has 0 radical (unpaired) electrons. The quantitative estimate of drug-likeness (QED) is 0.583. The molecule has 5 rings (SSSR count). The lowest BCUT2D eigenvalue weighted by Gasteiger charge is -2.19. The van der Waals surface area contributed by atoms with Crippen molar-refractivity contribution in [2.24, 2.45) is 23.7 Å². The maximum atomic E-state index is 13.2. The molecule has 3 nitrogen and oxygen atoms in total. The highest BCUT2D eigenvalue weighted by atomic mass is 16.2. The van der Waals surface area contributed by atoms with Crippen LogP contribution in [-0.4, -0.2) is 11.8 Å². The Bertz CT molecular complexity index is 962. The molecule has 1 saturated carbocycles. The number of hydrogen-bond acceptors (Lipinski definition) is 2. The zero-order valence-corrected chi connectivity index (χ0v) is 15.4. The van der Waals surface area contributed by atoms with Crippen molar-refractivity contribution in [2.75, 3.05) is 4.90 Å². The number of carbonyl (C=O) groups is 2. The van der Waals surface area contributed by atoms with Gasteiger partial charge in [-0.15, -0.1) is 0 Å². The van der Waals surface area contributed by atoms with E-state index in [9.17, 15) is 9.59 Å². The van der Waals surface area contributed by atoms with Crippen molar-refractivity contribution in [3.05, 3.63) is 77.9 Å². The van der Waals surface area contributed by atoms with Gasteiger partial charge in [0.15, 0.2) is 0 Å². The molecule has 3 heteroatoms. The van der Waals surface area contributed by atoms with E-state index in [2.05, 4.69) is 38.1 Å². The SMILES string of the molecule is CC(C)=C1[C@H]2C=C[C@H]1[C@H]1C(=O)N(c3ccc(-c4ccccc4)cc3)C(=O)[C@H]12. The van der Waals surface area contributed by atoms with E-state index in [1.165, 1.54) is 16.0 Å². The van der Waals surface area contributed by atoms with Crippen LogP contribution in [0, 0.1) is 23.7 Å². The predicted molar refractivity (Wildman–Crippen MR) is 106 cm³/mol. The Kier molecular flexibility index (Phi) is 3.48. The Morgan fingerprint density at radius 3 is 1.78 bits per heavy atom. The third kappa shape index (κ3) is 2.21. The summed E-state index contributed by atoms with van der Waals surface area (Å²) in [6.07, 6.45) is 4.25. The van der Waals surface area contributed by atoms with Crippen molar-refractivity contribution < 1.29 is 9.59 Å². The summed E-state index contributed by atoms with van der Waals surface area (Å²) in [7, 11) is 0. The van der Waals surface area contributed by atoms with E-state index < -0.39 is 0 Å². The fourth-order valence-electron chi connectivity index (χ4n) is 5.12. The van der Waals surface area contributed by atoms with Gasteiger partial charge in [-0.25, -0.2) is 4.90 Å². The van der Waals surface area contributed by atoms with Gasteiger partial charge in [0.25, 0.3) is 0 Å². The molecule has 2 fully saturated rings. The number of nitrogens with zero attached hydrogens (tertiary/aromatic N) is 1. The smallest absolute Gasteiger partial charge is 0.238 e. The molecule has 134 valence electrons. The Hall–Kier alpha value is -2.94. The number of rotatable bonds is 2. The summed E-state index contributed by atoms with van der Waals surface area (Å²) in [4.78, 5) is 27.7. The Labute approximate surface area is 159 Å². The van der Waals surface area contributed by atoms with Crippen LogP contribution in [0.1, 0.15) is 13.8 Å². The number of imide groups is 1. The molecule has 2 aromatic carbocycles. The zero-order chi connectivity index (χ0) is 18.7. The van der Waals surface area contributed by atoms with Crippen LogP contribution in [0.5, 0.6) is 0 Å². The second-order valence-corrected chi connectivity index (χ2v) is 7.87. The second-order valence-electron chi connectivity index (χ2n) is 7.87. The first kappa shape index (κ1) is 16.2. The molecular formula is C24H21NO2. The van der Waals surface area contributed by atoms with Crippen LogP contribution >= 0.6 is 0 Å². The summed E-state index contributed by atoms with van der Waals surface area (Å²) in [5.41, 5.74) is 5.40. The first-order valence-corrected chi connectivity index (χ1v) is 9.47. The van der Waals surface area contributed by atoms with Gasteiger partial charge >= 0.3 is 0 Å². The van der Waals surface area contributed by atoms with Crippen LogP contribution in [0.2, 0.25) is 0 Å². The number of amides is 2. The number of carbonyl (C=O) groups excluding carboxylic acids is 2. The molecule has 1 saturated heterocycles. The first-order valence-electron chi connectivity index (χ1n) is 9.47. The van der Waals surface area contributed by atoms with Gasteiger partial charge in [-0.2, -0.15) is 0 Å². The van der Waals surface area contributed by atoms with Crippen molar-refractivity contribution in [3.8, 4) is 11.1 Å². The zero-order valence-electron chi connectivity index (χ0n) is 15.4. The minimum atomic E-state index is -0.230. The standard InChI is InChI=1S/C24H21NO2/c1-14(2)20-18-12-13-19(20)22-21(18)23(26)25(24(22)27)17-10-8-16(9-11-17)15-6-4-3-5-7-15/h3-13,18-19,21-22H,1-2H3/t18-,19-,21-,22+/m1/s1. The minimum Gasteiger partial charge on any atom is -0.274 e. The van der Waals surface area contributed by atoms with Gasteiger partial charge < -0.3 is 0 Å². The lowest BCUT2D eigenvalue weighted by molar-refractivity contribution is -0.122. The number of fused-ring (bicyclic) bond motifs is 5. The average molecular weight is 355 g/mol. The van der Waals surface area contributed by atoms with Crippen molar-refractivity contribution in [2.45, 2.75) is 13.8 Å². The minimum absolute atomic E-state index is 0.0481. The molecule has 1 heterocycles. The van der Waals surface area contributed by atoms with Crippen molar-refractivity contribution in [1.29, 1.82) is 0 Å². The maximum absolute atomic E-state index is 13.2. The van der Waals surface area contributed by atoms with Gasteiger partial charge in [-0.05, 0) is 37.1 Å². The molecule has 1 aliphatic heterocycles. The van der Waals surface area contributed by atoms with E-state index in [4.69, 9.17) is 0 Å². The van der Waals surface area contributed by atoms with Gasteiger partial charge in [-0.1, -0.05) is 65.8 Å². The molecule has 2 aliphatic carbocycles. The molecule has 2 aromatic rings. The van der Waals surface area contributed by atoms with Crippen LogP contribution < -0.4 is 4.90 Å². The van der Waals surface area contributed by atoms with Crippen molar-refractivity contribution in [3.63, 3.8) is 0 Å². The van der Waals surface area contributed by atoms with Crippen LogP contribution in [0.15, 0.2) is 77.9 Å². The number of benzene rings is 2. The van der Waals surface area contributed by atoms with Crippen LogP contribution in [0.25, 0.3) is 11.1 Å². The lowest BCUT2D eigenvalue weighted by Crippen LogP contribution is -2.33. The Morgan fingerprint density at radius 2 is 1.26 bits per heavy atom. The van der Waals surface area contributed by atoms with E-state index >= 15 is 0 Å². The average Bonchev–Trinajstić information content (AvgIpc) is 3.33. The molecule has 0 aromatic heterocycles. The molecular weight excluding hydrogens is 334 g/mol. The summed E-state index contributed by atoms with van der Waals surface area (Å²) in [5, 5.41) is 0. The highest BCUT2D eigenvalue weighted by molar-refractivity contribution is 6.23. The third-order valence-corrected chi connectivity index (χ3v) is 6.23. The topological polar surface area (TPSA) is 37.4 Å². The third-order valence-electron chi connectivity index (χ3n) is 6.23. The summed E-state index contributed by atoms with van der Waals surface area (Å²) in [6, 6.07) is 17.8. The van der Waals surface area contributed by atoms with E-state index in [0.29, 0.717) is 5.69 Å². The fraction of sp³-hybridized carbons (Fsp3) is 0.250. The first-order chi connectivity index (χ1) is 13.1. The molecule has 0 N–H and O–H groups in total. The largest absolute Gasteiger partial charge is 0.274 e. The summed E-state index contributed by atoms with van der Waals surface area (Å²) in [5.74, 6) is -0.372. The monoisotopic (exact) mass is 355 g/mol. The summed E-state index contributed by atoms with van der Waals surface area (Å²) < 4.78 is 0. The van der Waals surface area contributed by atoms with Gasteiger partial charge in [-0.3, -0.25) is 9.59 Å². The molecule has 0 spiro atoms. The van der Waals surface area contributed by atoms with Gasteiger partial charge in [0.1, 0.15) is 0 Å². The number of hydrogen-bond donors (Lipinski definition) is 0. The molecule has 2 amide bonds. The van der Waals surface area contributed by atoms with Crippen LogP contribution in [0.3, 0.4) is 0 Å². The Balaban J connectivity index is 1.48. The fourth-order valence-corrected chi connectivity index (χ4v) is 5.12. The summed E-state index contributed by atoms with van der Waals surface area (Å²) >= 11 is 0. The van der Waals surface area contributed by atoms with E-state index in [0.717, 1.165) is 11.1 Å². The second kappa shape index (κ2) is 5.78. The Morgan fingerprint density at radius 1 is 0.741 bits per heavy atom.